The molecule has 0 spiro atoms. The quantitative estimate of drug-likeness (QED) is 0.648. The Kier molecular flexibility index (Phi) is 4.43. The lowest BCUT2D eigenvalue weighted by Gasteiger charge is -2.23. The number of hydrogen-bond donors (Lipinski definition) is 1. The number of alkyl halides is 3. The van der Waals surface area contributed by atoms with Gasteiger partial charge in [-0.2, -0.15) is 13.2 Å². The van der Waals surface area contributed by atoms with Gasteiger partial charge < -0.3 is 9.84 Å². The minimum atomic E-state index is -4.46. The summed E-state index contributed by atoms with van der Waals surface area (Å²) in [5, 5.41) is 11.0. The Morgan fingerprint density at radius 1 is 1.06 bits per heavy atom. The maximum atomic E-state index is 13.2. The van der Waals surface area contributed by atoms with Gasteiger partial charge in [0.25, 0.3) is 0 Å². The zero-order valence-corrected chi connectivity index (χ0v) is 17.2. The highest BCUT2D eigenvalue weighted by Gasteiger charge is 2.57. The highest BCUT2D eigenvalue weighted by Crippen LogP contribution is 2.60. The summed E-state index contributed by atoms with van der Waals surface area (Å²) in [5.41, 5.74) is 1.85. The van der Waals surface area contributed by atoms with Gasteiger partial charge >= 0.3 is 6.18 Å². The summed E-state index contributed by atoms with van der Waals surface area (Å²) in [4.78, 5) is 17.0. The van der Waals surface area contributed by atoms with Gasteiger partial charge in [-0.25, -0.2) is 4.98 Å². The second-order valence-electron chi connectivity index (χ2n) is 8.93. The van der Waals surface area contributed by atoms with E-state index in [4.69, 9.17) is 4.74 Å². The molecule has 162 valence electrons. The molecule has 4 nitrogen and oxygen atoms in total. The molecule has 0 aliphatic heterocycles. The number of Topliss-reactive ketones (excluding diaryl/α,β-unsaturated/α-hetero) is 1. The number of carbonyl (C=O) groups is 1. The van der Waals surface area contributed by atoms with Crippen LogP contribution in [0.1, 0.15) is 41.5 Å². The van der Waals surface area contributed by atoms with Crippen molar-refractivity contribution in [3.63, 3.8) is 0 Å². The van der Waals surface area contributed by atoms with Gasteiger partial charge in [-0.05, 0) is 79.8 Å². The molecule has 1 heterocycles. The summed E-state index contributed by atoms with van der Waals surface area (Å²) in [6.45, 7) is 3.68. The zero-order valence-electron chi connectivity index (χ0n) is 17.2. The number of nitrogens with zero attached hydrogens (tertiary/aromatic N) is 1. The van der Waals surface area contributed by atoms with Crippen molar-refractivity contribution in [3.05, 3.63) is 58.5 Å². The molecule has 2 fully saturated rings. The molecule has 5 rings (SSSR count). The number of ether oxygens (including phenoxy) is 1. The Balaban J connectivity index is 1.45. The topological polar surface area (TPSA) is 59.4 Å². The van der Waals surface area contributed by atoms with Crippen LogP contribution in [-0.4, -0.2) is 15.9 Å². The molecular weight excluding hydrogens is 407 g/mol. The Bertz CT molecular complexity index is 1080. The van der Waals surface area contributed by atoms with Crippen LogP contribution in [0.3, 0.4) is 0 Å². The van der Waals surface area contributed by atoms with Crippen LogP contribution in [0.4, 0.5) is 13.2 Å². The van der Waals surface area contributed by atoms with Crippen LogP contribution in [0.5, 0.6) is 11.6 Å². The Labute approximate surface area is 177 Å². The van der Waals surface area contributed by atoms with Gasteiger partial charge in [-0.3, -0.25) is 4.79 Å². The van der Waals surface area contributed by atoms with Crippen molar-refractivity contribution in [2.75, 3.05) is 0 Å². The Morgan fingerprint density at radius 2 is 1.71 bits per heavy atom. The normalized spacial score (nSPS) is 27.2. The summed E-state index contributed by atoms with van der Waals surface area (Å²) in [6.07, 6.45) is -0.564. The first kappa shape index (κ1) is 20.1. The lowest BCUT2D eigenvalue weighted by Crippen LogP contribution is -2.24. The van der Waals surface area contributed by atoms with Crippen molar-refractivity contribution in [3.8, 4) is 11.6 Å². The molecule has 4 atom stereocenters. The SMILES string of the molecule is Cc1cc(Oc2ccc(C(F)(F)F)cn2)cc(C)c1C1=C(O)[C@@H]2[C@@H]3CC[C@@H](C3)[C@@H]2C1=O. The molecule has 2 saturated carbocycles. The van der Waals surface area contributed by atoms with Crippen LogP contribution < -0.4 is 4.74 Å². The van der Waals surface area contributed by atoms with Crippen molar-refractivity contribution >= 4 is 11.4 Å². The van der Waals surface area contributed by atoms with Crippen LogP contribution in [0.15, 0.2) is 36.2 Å². The van der Waals surface area contributed by atoms with E-state index in [0.717, 1.165) is 48.2 Å². The molecule has 31 heavy (non-hydrogen) atoms. The largest absolute Gasteiger partial charge is 0.511 e. The maximum Gasteiger partial charge on any atom is 0.417 e. The molecule has 1 N–H and O–H groups in total. The van der Waals surface area contributed by atoms with Crippen molar-refractivity contribution in [2.45, 2.75) is 39.3 Å². The number of fused-ring (bicyclic) bond motifs is 5. The minimum Gasteiger partial charge on any atom is -0.511 e. The minimum absolute atomic E-state index is 0.0407. The molecule has 1 aromatic heterocycles. The van der Waals surface area contributed by atoms with E-state index < -0.39 is 11.7 Å². The lowest BCUT2D eigenvalue weighted by atomic mass is 9.80. The summed E-state index contributed by atoms with van der Waals surface area (Å²) in [6, 6.07) is 5.53. The van der Waals surface area contributed by atoms with Crippen LogP contribution >= 0.6 is 0 Å². The molecule has 3 aliphatic carbocycles. The van der Waals surface area contributed by atoms with Crippen molar-refractivity contribution < 1.29 is 27.8 Å². The second kappa shape index (κ2) is 6.84. The third kappa shape index (κ3) is 3.13. The van der Waals surface area contributed by atoms with E-state index in [1.807, 2.05) is 13.8 Å². The molecule has 0 radical (unpaired) electrons. The highest BCUT2D eigenvalue weighted by molar-refractivity contribution is 6.25. The van der Waals surface area contributed by atoms with Crippen LogP contribution in [0.25, 0.3) is 5.57 Å². The molecule has 7 heteroatoms. The fourth-order valence-electron chi connectivity index (χ4n) is 5.88. The van der Waals surface area contributed by atoms with Crippen LogP contribution in [0.2, 0.25) is 0 Å². The van der Waals surface area contributed by atoms with Gasteiger partial charge in [-0.1, -0.05) is 0 Å². The number of ketones is 1. The van der Waals surface area contributed by atoms with Gasteiger partial charge in [0.2, 0.25) is 5.88 Å². The van der Waals surface area contributed by atoms with Crippen molar-refractivity contribution in [1.29, 1.82) is 0 Å². The van der Waals surface area contributed by atoms with Gasteiger partial charge in [0.1, 0.15) is 11.5 Å². The molecule has 2 bridgehead atoms. The number of aromatic nitrogens is 1. The van der Waals surface area contributed by atoms with E-state index in [2.05, 4.69) is 4.98 Å². The summed E-state index contributed by atoms with van der Waals surface area (Å²) < 4.78 is 43.8. The van der Waals surface area contributed by atoms with E-state index in [1.165, 1.54) is 6.07 Å². The molecule has 0 saturated heterocycles. The van der Waals surface area contributed by atoms with E-state index in [9.17, 15) is 23.1 Å². The molecule has 0 amide bonds. The summed E-state index contributed by atoms with van der Waals surface area (Å²) in [5.74, 6) is 1.35. The first-order valence-electron chi connectivity index (χ1n) is 10.4. The van der Waals surface area contributed by atoms with Crippen molar-refractivity contribution in [1.82, 2.24) is 4.98 Å². The smallest absolute Gasteiger partial charge is 0.417 e. The van der Waals surface area contributed by atoms with Crippen molar-refractivity contribution in [2.24, 2.45) is 23.7 Å². The van der Waals surface area contributed by atoms with Gasteiger partial charge in [0.15, 0.2) is 5.78 Å². The van der Waals surface area contributed by atoms with E-state index in [-0.39, 0.29) is 29.3 Å². The molecule has 1 aromatic carbocycles. The standard InChI is InChI=1S/C24H22F3NO3/c1-11-7-16(31-17-6-5-15(10-28-17)24(25,26)27)8-12(2)18(11)21-22(29)19-13-3-4-14(9-13)20(19)23(21)30/h5-8,10,13-14,19-20,29H,3-4,9H2,1-2H3/t13-,14+,19-,20+/m1/s1. The number of aryl methyl sites for hydroxylation is 2. The predicted molar refractivity (Wildman–Crippen MR) is 108 cm³/mol. The number of halogens is 3. The summed E-state index contributed by atoms with van der Waals surface area (Å²) in [7, 11) is 0. The average molecular weight is 429 g/mol. The number of allylic oxidation sites excluding steroid dienone is 2. The van der Waals surface area contributed by atoms with E-state index in [1.54, 1.807) is 12.1 Å². The third-order valence-electron chi connectivity index (χ3n) is 7.08. The number of rotatable bonds is 3. The second-order valence-corrected chi connectivity index (χ2v) is 8.93. The van der Waals surface area contributed by atoms with Gasteiger partial charge in [-0.15, -0.1) is 0 Å². The van der Waals surface area contributed by atoms with Crippen LogP contribution in [-0.2, 0) is 11.0 Å². The zero-order chi connectivity index (χ0) is 22.1. The molecule has 3 aliphatic rings. The first-order chi connectivity index (χ1) is 14.6. The number of carbonyl (C=O) groups excluding carboxylic acids is 1. The molecule has 2 aromatic rings. The monoisotopic (exact) mass is 429 g/mol. The highest BCUT2D eigenvalue weighted by atomic mass is 19.4. The summed E-state index contributed by atoms with van der Waals surface area (Å²) >= 11 is 0. The van der Waals surface area contributed by atoms with Gasteiger partial charge in [0.05, 0.1) is 11.1 Å². The van der Waals surface area contributed by atoms with Crippen LogP contribution in [0, 0.1) is 37.5 Å². The average Bonchev–Trinajstić information content (AvgIpc) is 3.37. The third-order valence-corrected chi connectivity index (χ3v) is 7.08. The fraction of sp³-hybridized carbons (Fsp3) is 0.417. The number of benzene rings is 1. The Hall–Kier alpha value is -2.83. The Morgan fingerprint density at radius 3 is 2.26 bits per heavy atom. The number of aliphatic hydroxyl groups is 1. The van der Waals surface area contributed by atoms with E-state index in [0.29, 0.717) is 23.2 Å². The number of hydrogen-bond acceptors (Lipinski definition) is 4. The van der Waals surface area contributed by atoms with E-state index >= 15 is 0 Å². The molecule has 0 unspecified atom stereocenters. The predicted octanol–water partition coefficient (Wildman–Crippen LogP) is 6.02. The van der Waals surface area contributed by atoms with Gasteiger partial charge in [0, 0.05) is 24.1 Å². The number of aliphatic hydroxyl groups excluding tert-OH is 1. The number of pyridine rings is 1. The maximum absolute atomic E-state index is 13.2. The lowest BCUT2D eigenvalue weighted by molar-refractivity contribution is -0.137. The first-order valence-corrected chi connectivity index (χ1v) is 10.4. The fourth-order valence-corrected chi connectivity index (χ4v) is 5.88. The molecular formula is C24H22F3NO3.